The Kier molecular flexibility index (Phi) is 7.77. The van der Waals surface area contributed by atoms with Crippen LogP contribution in [0.25, 0.3) is 0 Å². The monoisotopic (exact) mass is 647 g/mol. The van der Waals surface area contributed by atoms with Gasteiger partial charge in [-0.25, -0.2) is 0 Å². The molecule has 0 bridgehead atoms. The molecule has 1 rings (SSSR count). The number of nitro groups is 1. The Labute approximate surface area is 146 Å². The summed E-state index contributed by atoms with van der Waals surface area (Å²) in [6.07, 6.45) is 1.70. The fourth-order valence-electron chi connectivity index (χ4n) is 2.08. The second-order valence-electron chi connectivity index (χ2n) is 5.32. The quantitative estimate of drug-likeness (QED) is 0.118. The molecule has 0 saturated carbocycles. The van der Waals surface area contributed by atoms with Crippen molar-refractivity contribution in [3.63, 3.8) is 0 Å². The topological polar surface area (TPSA) is 70.8 Å². The van der Waals surface area contributed by atoms with E-state index in [-0.39, 0.29) is 12.3 Å². The second kappa shape index (κ2) is 9.32. The van der Waals surface area contributed by atoms with Crippen LogP contribution in [-0.4, -0.2) is 32.4 Å². The summed E-state index contributed by atoms with van der Waals surface area (Å²) in [5.74, 6) is 0.888. The van der Waals surface area contributed by atoms with E-state index < -0.39 is 11.6 Å². The fourth-order valence-corrected chi connectivity index (χ4v) is 4.75. The van der Waals surface area contributed by atoms with Crippen molar-refractivity contribution in [3.8, 4) is 11.5 Å². The molecule has 1 aromatic rings. The molecule has 10 heteroatoms. The van der Waals surface area contributed by atoms with Crippen LogP contribution in [0.5, 0.6) is 11.5 Å². The average molecular weight is 648 g/mol. The number of nitro benzene ring substituents is 1. The average Bonchev–Trinajstić information content (AvgIpc) is 2.50. The molecule has 0 heterocycles. The van der Waals surface area contributed by atoms with Crippen molar-refractivity contribution >= 4 is 34.5 Å². The van der Waals surface area contributed by atoms with Gasteiger partial charge in [0.15, 0.2) is 0 Å². The molecule has 0 atom stereocenters. The number of hydrogen-bond donors (Lipinski definition) is 0. The van der Waals surface area contributed by atoms with Crippen molar-refractivity contribution in [1.82, 2.24) is 0 Å². The van der Waals surface area contributed by atoms with Crippen LogP contribution in [0.4, 0.5) is 5.69 Å². The fraction of sp³-hybridized carbons (Fsp3) is 0.571. The molecule has 0 aliphatic heterocycles. The maximum atomic E-state index is 11.3. The predicted octanol–water partition coefficient (Wildman–Crippen LogP) is 4.34. The van der Waals surface area contributed by atoms with Crippen molar-refractivity contribution in [2.75, 3.05) is 20.8 Å². The van der Waals surface area contributed by atoms with Crippen molar-refractivity contribution in [3.05, 3.63) is 27.8 Å². The molecule has 0 N–H and O–H groups in total. The Morgan fingerprint density at radius 1 is 1.29 bits per heavy atom. The van der Waals surface area contributed by atoms with Gasteiger partial charge in [0.05, 0.1) is 0 Å². The Hall–Kier alpha value is -2.02. The van der Waals surface area contributed by atoms with Gasteiger partial charge in [0.2, 0.25) is 6.69 Å². The molecule has 0 spiro atoms. The molecule has 0 unspecified atom stereocenters. The molecule has 0 amide bonds. The Morgan fingerprint density at radius 3 is 2.54 bits per heavy atom. The third-order valence-corrected chi connectivity index (χ3v) is 6.52. The van der Waals surface area contributed by atoms with Crippen LogP contribution in [0.3, 0.4) is 0 Å². The predicted molar refractivity (Wildman–Crippen MR) is 92.2 cm³/mol. The van der Waals surface area contributed by atoms with Gasteiger partial charge in [0, 0.05) is 0 Å². The van der Waals surface area contributed by atoms with Crippen molar-refractivity contribution in [2.45, 2.75) is 32.0 Å². The van der Waals surface area contributed by atoms with Crippen LogP contribution < -0.4 is 9.47 Å². The number of unbranched alkanes of at least 4 members (excludes halogenated alkanes) is 1. The number of hydrogen-bond acceptors (Lipinski definition) is 5. The second-order valence-corrected chi connectivity index (χ2v) is 15.4. The van der Waals surface area contributed by atoms with E-state index in [0.717, 1.165) is 18.9 Å². The van der Waals surface area contributed by atoms with Gasteiger partial charge in [-0.05, 0) is 6.55 Å². The van der Waals surface area contributed by atoms with Crippen LogP contribution in [0, 0.1) is 10.1 Å². The Bertz CT molecular complexity index is 557. The van der Waals surface area contributed by atoms with E-state index in [0.29, 0.717) is 30.8 Å². The molecule has 6 nitrogen and oxygen atoms in total. The minimum atomic E-state index is -2.06. The molecule has 0 radical (unpaired) electrons. The first-order valence-electron chi connectivity index (χ1n) is 7.51. The van der Waals surface area contributed by atoms with Gasteiger partial charge in [0.25, 0.3) is 0 Å². The number of halogens is 2. The summed E-state index contributed by atoms with van der Waals surface area (Å²) in [6, 6.07) is 3.83. The minimum absolute atomic E-state index is 0.0177. The van der Waals surface area contributed by atoms with Gasteiger partial charge in [-0.1, -0.05) is 0 Å². The first-order chi connectivity index (χ1) is 11.3. The molecule has 0 saturated heterocycles. The summed E-state index contributed by atoms with van der Waals surface area (Å²) < 4.78 is 16.6. The standard InChI is InChI=1S/C14H20Cl2NO5Si.Rf/c1-20-13-8-11(12(17(18)19)9-14(13)21-2)10-22-6-4-5-7-23(3,15)16;/h8-9H,2,4-7,10H2,1,3H3;. The third-order valence-electron chi connectivity index (χ3n) is 3.23. The number of rotatable bonds is 11. The summed E-state index contributed by atoms with van der Waals surface area (Å²) in [6.45, 7) is 0.474. The van der Waals surface area contributed by atoms with Crippen LogP contribution in [-0.2, 0) is 11.3 Å². The van der Waals surface area contributed by atoms with Crippen LogP contribution >= 0.6 is 22.2 Å². The van der Waals surface area contributed by atoms with Gasteiger partial charge >= 0.3 is 110 Å². The molecule has 0 aliphatic carbocycles. The number of ether oxygens (including phenoxy) is 3. The van der Waals surface area contributed by atoms with Gasteiger partial charge < -0.3 is 0 Å². The van der Waals surface area contributed by atoms with Crippen LogP contribution in [0.2, 0.25) is 12.6 Å². The van der Waals surface area contributed by atoms with Crippen molar-refractivity contribution < 1.29 is 19.1 Å². The van der Waals surface area contributed by atoms with E-state index in [4.69, 9.17) is 36.4 Å². The van der Waals surface area contributed by atoms with E-state index >= 15 is 0 Å². The molecular weight excluding hydrogens is 628 g/mol. The SMILES string of the molecule is COc1cc(COCCCC[Si](C)(Cl)Cl)c([N+](=O)[O-])cc1O[CH2][Rf]. The van der Waals surface area contributed by atoms with E-state index in [9.17, 15) is 10.1 Å². The maximum absolute atomic E-state index is 11.3. The third kappa shape index (κ3) is 6.62. The molecule has 24 heavy (non-hydrogen) atoms. The van der Waals surface area contributed by atoms with Crippen molar-refractivity contribution in [1.29, 1.82) is 0 Å². The molecule has 0 aliphatic rings. The van der Waals surface area contributed by atoms with Crippen LogP contribution in [0.1, 0.15) is 18.4 Å². The van der Waals surface area contributed by atoms with Gasteiger partial charge in [0.1, 0.15) is 0 Å². The molecule has 0 aromatic heterocycles. The number of methoxy groups -OCH3 is 1. The van der Waals surface area contributed by atoms with Gasteiger partial charge in [-0.2, -0.15) is 0 Å². The summed E-state index contributed by atoms with van der Waals surface area (Å²) in [5.41, 5.74) is 0.452. The van der Waals surface area contributed by atoms with Gasteiger partial charge in [-0.3, -0.25) is 0 Å². The van der Waals surface area contributed by atoms with E-state index in [1.807, 2.05) is 6.55 Å². The van der Waals surface area contributed by atoms with Crippen molar-refractivity contribution in [2.24, 2.45) is 0 Å². The first kappa shape index (κ1) is 20.0. The van der Waals surface area contributed by atoms with E-state index in [1.54, 1.807) is 6.07 Å². The van der Waals surface area contributed by atoms with Crippen LogP contribution in [0.15, 0.2) is 12.1 Å². The van der Waals surface area contributed by atoms with Gasteiger partial charge in [-0.15, -0.1) is 22.2 Å². The molecule has 131 valence electrons. The normalized spacial score (nSPS) is 11.4. The zero-order valence-electron chi connectivity index (χ0n) is 13.8. The Morgan fingerprint density at radius 2 is 2.00 bits per heavy atom. The molecular formula is C14H20Cl2NO5RfSi. The molecule has 1 aromatic carbocycles. The summed E-state index contributed by atoms with van der Waals surface area (Å²) >= 11 is 12.1. The zero-order chi connectivity index (χ0) is 18.2. The molecule has 0 fully saturated rings. The van der Waals surface area contributed by atoms with E-state index in [2.05, 4.69) is 0 Å². The Balaban J connectivity index is 2.67. The summed E-state index contributed by atoms with van der Waals surface area (Å²) in [7, 11) is 2.12. The number of benzene rings is 1. The van der Waals surface area contributed by atoms with E-state index in [1.165, 1.54) is 13.2 Å². The summed E-state index contributed by atoms with van der Waals surface area (Å²) in [4.78, 5) is 10.8. The first-order valence-corrected chi connectivity index (χ1v) is 16.8. The number of nitrogens with zero attached hydrogens (tertiary/aromatic N) is 1. The summed E-state index contributed by atoms with van der Waals surface area (Å²) in [5, 5.41) is 11.3. The zero-order valence-corrected chi connectivity index (χ0v) is 22.8.